The topological polar surface area (TPSA) is 107 Å². The summed E-state index contributed by atoms with van der Waals surface area (Å²) in [5, 5.41) is 21.0. The minimum Gasteiger partial charge on any atom is -0.476 e. The third kappa shape index (κ3) is 4.81. The molecule has 0 amide bonds. The lowest BCUT2D eigenvalue weighted by atomic mass is 9.74. The van der Waals surface area contributed by atoms with Crippen LogP contribution in [0.5, 0.6) is 5.75 Å². The first-order chi connectivity index (χ1) is 21.5. The van der Waals surface area contributed by atoms with Crippen LogP contribution in [0.15, 0.2) is 78.8 Å². The highest BCUT2D eigenvalue weighted by atomic mass is 19.1. The fourth-order valence-corrected chi connectivity index (χ4v) is 7.62. The summed E-state index contributed by atoms with van der Waals surface area (Å²) in [5.74, 6) is 1.05. The van der Waals surface area contributed by atoms with Gasteiger partial charge in [0.2, 0.25) is 0 Å². The second kappa shape index (κ2) is 10.5. The number of aromatic amines is 1. The molecule has 9 nitrogen and oxygen atoms in total. The Bertz CT molecular complexity index is 1830. The number of nitrogens with zero attached hydrogens (tertiary/aromatic N) is 7. The van der Waals surface area contributed by atoms with Gasteiger partial charge in [-0.25, -0.2) is 14.4 Å². The third-order valence-electron chi connectivity index (χ3n) is 9.88. The summed E-state index contributed by atoms with van der Waals surface area (Å²) in [5.41, 5.74) is 3.75. The summed E-state index contributed by atoms with van der Waals surface area (Å²) in [4.78, 5) is 14.0. The Morgan fingerprint density at radius 2 is 1.95 bits per heavy atom. The molecule has 44 heavy (non-hydrogen) atoms. The van der Waals surface area contributed by atoms with E-state index < -0.39 is 5.60 Å². The van der Waals surface area contributed by atoms with Crippen LogP contribution in [0.25, 0.3) is 11.0 Å². The zero-order valence-corrected chi connectivity index (χ0v) is 24.4. The van der Waals surface area contributed by atoms with Crippen LogP contribution in [-0.2, 0) is 6.54 Å². The quantitative estimate of drug-likeness (QED) is 0.309. The highest BCUT2D eigenvalue weighted by molar-refractivity contribution is 5.74. The summed E-state index contributed by atoms with van der Waals surface area (Å²) in [6.45, 7) is 4.73. The van der Waals surface area contributed by atoms with Crippen LogP contribution in [0.1, 0.15) is 42.7 Å². The number of likely N-dealkylation sites (tertiary alicyclic amines) is 1. The molecule has 4 aromatic rings. The van der Waals surface area contributed by atoms with Gasteiger partial charge in [0.05, 0.1) is 17.8 Å². The van der Waals surface area contributed by atoms with Crippen LogP contribution in [-0.4, -0.2) is 62.1 Å². The molecule has 2 aliphatic heterocycles. The summed E-state index contributed by atoms with van der Waals surface area (Å²) < 4.78 is 21.4. The number of rotatable bonds is 7. The first-order valence-electron chi connectivity index (χ1n) is 15.3. The summed E-state index contributed by atoms with van der Waals surface area (Å²) in [7, 11) is 0. The minimum absolute atomic E-state index is 0.181. The second-order valence-electron chi connectivity index (χ2n) is 12.8. The number of hydrogen-bond acceptors (Lipinski definition) is 8. The molecule has 10 heteroatoms. The van der Waals surface area contributed by atoms with E-state index in [1.54, 1.807) is 24.7 Å². The Hall–Kier alpha value is -4.62. The number of nitrogens with one attached hydrogen (secondary N) is 1. The monoisotopic (exact) mass is 588 g/mol. The average molecular weight is 589 g/mol. The van der Waals surface area contributed by atoms with Gasteiger partial charge < -0.3 is 9.64 Å². The molecule has 2 aromatic carbocycles. The van der Waals surface area contributed by atoms with Crippen LogP contribution < -0.4 is 9.64 Å². The maximum absolute atomic E-state index is 14.4. The van der Waals surface area contributed by atoms with Gasteiger partial charge in [-0.15, -0.1) is 0 Å². The number of halogens is 1. The highest BCUT2D eigenvalue weighted by Crippen LogP contribution is 2.54. The van der Waals surface area contributed by atoms with Gasteiger partial charge in [0.1, 0.15) is 28.8 Å². The predicted octanol–water partition coefficient (Wildman–Crippen LogP) is 5.32. The van der Waals surface area contributed by atoms with E-state index in [1.165, 1.54) is 11.6 Å². The first kappa shape index (κ1) is 27.0. The van der Waals surface area contributed by atoms with E-state index in [0.29, 0.717) is 11.3 Å². The number of aromatic nitrogens is 5. The number of hydrogen-bond donors (Lipinski definition) is 1. The molecule has 0 radical (unpaired) electrons. The number of ether oxygens (including phenoxy) is 1. The normalized spacial score (nSPS) is 26.8. The summed E-state index contributed by atoms with van der Waals surface area (Å²) in [6.07, 6.45) is 13.3. The van der Waals surface area contributed by atoms with Crippen LogP contribution in [0, 0.1) is 28.5 Å². The number of benzene rings is 2. The molecule has 1 N–H and O–H groups in total. The van der Waals surface area contributed by atoms with Crippen molar-refractivity contribution in [3.63, 3.8) is 0 Å². The molecule has 0 bridgehead atoms. The Morgan fingerprint density at radius 3 is 2.82 bits per heavy atom. The molecule has 8 rings (SSSR count). The lowest BCUT2D eigenvalue weighted by molar-refractivity contribution is 0.0778. The van der Waals surface area contributed by atoms with Gasteiger partial charge in [0.25, 0.3) is 0 Å². The molecule has 3 unspecified atom stereocenters. The standard InChI is InChI=1S/C34H33FN8O/c35-27-3-1-2-25(15-27)28-8-4-24(17-36)16-34(28,26-6-7-26)44-31-18-37-22-38-32(31)43-13-11-33(21-43)10-12-42(20-33)19-23-5-9-29-30(14-23)40-41-39-29/h1-5,8-9,14-16,18,22,26,28H,6-7,10-13,19-21H2,(H,39,40,41). The maximum Gasteiger partial charge on any atom is 0.181 e. The van der Waals surface area contributed by atoms with Crippen LogP contribution in [0.4, 0.5) is 10.2 Å². The Balaban J connectivity index is 1.05. The number of H-pyrrole nitrogens is 1. The van der Waals surface area contributed by atoms with E-state index in [1.807, 2.05) is 30.4 Å². The van der Waals surface area contributed by atoms with Crippen molar-refractivity contribution < 1.29 is 9.13 Å². The molecule has 4 aliphatic rings. The molecular weight excluding hydrogens is 555 g/mol. The Kier molecular flexibility index (Phi) is 6.45. The van der Waals surface area contributed by atoms with Gasteiger partial charge in [-0.05, 0) is 79.8 Å². The van der Waals surface area contributed by atoms with E-state index in [0.717, 1.165) is 80.8 Å². The SMILES string of the molecule is N#CC1=CC(Oc2cncnc2N2CCC3(CCN(Cc4ccc5n[nH]nc5c4)C3)C2)(C2CC2)C(c2cccc(F)c2)C=C1. The van der Waals surface area contributed by atoms with E-state index in [2.05, 4.69) is 48.4 Å². The van der Waals surface area contributed by atoms with Crippen LogP contribution >= 0.6 is 0 Å². The van der Waals surface area contributed by atoms with Gasteiger partial charge in [-0.1, -0.05) is 24.3 Å². The number of nitriles is 1. The van der Waals surface area contributed by atoms with Gasteiger partial charge in [-0.2, -0.15) is 20.7 Å². The molecule has 3 fully saturated rings. The highest BCUT2D eigenvalue weighted by Gasteiger charge is 2.53. The van der Waals surface area contributed by atoms with Gasteiger partial charge >= 0.3 is 0 Å². The second-order valence-corrected chi connectivity index (χ2v) is 12.8. The molecule has 2 aliphatic carbocycles. The van der Waals surface area contributed by atoms with Gasteiger partial charge in [-0.3, -0.25) is 4.90 Å². The molecular formula is C34H33FN8O. The third-order valence-corrected chi connectivity index (χ3v) is 9.88. The van der Waals surface area contributed by atoms with Gasteiger partial charge in [0, 0.05) is 43.4 Å². The van der Waals surface area contributed by atoms with Crippen molar-refractivity contribution in [1.29, 1.82) is 5.26 Å². The summed E-state index contributed by atoms with van der Waals surface area (Å²) in [6, 6.07) is 15.3. The van der Waals surface area contributed by atoms with E-state index in [9.17, 15) is 9.65 Å². The van der Waals surface area contributed by atoms with E-state index >= 15 is 0 Å². The molecule has 222 valence electrons. The number of allylic oxidation sites excluding steroid dienone is 2. The molecule has 2 saturated heterocycles. The van der Waals surface area contributed by atoms with Crippen molar-refractivity contribution in [3.05, 3.63) is 95.7 Å². The molecule has 2 aromatic heterocycles. The number of fused-ring (bicyclic) bond motifs is 1. The Labute approximate surface area is 255 Å². The zero-order chi connectivity index (χ0) is 29.7. The molecule has 4 heterocycles. The smallest absolute Gasteiger partial charge is 0.181 e. The van der Waals surface area contributed by atoms with Crippen LogP contribution in [0.3, 0.4) is 0 Å². The van der Waals surface area contributed by atoms with Crippen molar-refractivity contribution in [2.45, 2.75) is 43.7 Å². The van der Waals surface area contributed by atoms with Gasteiger partial charge in [0.15, 0.2) is 11.6 Å². The zero-order valence-electron chi connectivity index (χ0n) is 24.4. The van der Waals surface area contributed by atoms with Crippen molar-refractivity contribution in [2.24, 2.45) is 11.3 Å². The fourth-order valence-electron chi connectivity index (χ4n) is 7.62. The average Bonchev–Trinajstić information content (AvgIpc) is 3.48. The molecule has 1 spiro atoms. The molecule has 3 atom stereocenters. The van der Waals surface area contributed by atoms with E-state index in [-0.39, 0.29) is 23.1 Å². The largest absolute Gasteiger partial charge is 0.476 e. The maximum atomic E-state index is 14.4. The lowest BCUT2D eigenvalue weighted by Crippen LogP contribution is -2.44. The number of anilines is 1. The Morgan fingerprint density at radius 1 is 1.07 bits per heavy atom. The lowest BCUT2D eigenvalue weighted by Gasteiger charge is -2.40. The van der Waals surface area contributed by atoms with Crippen molar-refractivity contribution >= 4 is 16.9 Å². The van der Waals surface area contributed by atoms with Crippen molar-refractivity contribution in [2.75, 3.05) is 31.1 Å². The minimum atomic E-state index is -0.834. The molecule has 1 saturated carbocycles. The van der Waals surface area contributed by atoms with Crippen LogP contribution in [0.2, 0.25) is 0 Å². The predicted molar refractivity (Wildman–Crippen MR) is 163 cm³/mol. The van der Waals surface area contributed by atoms with Crippen molar-refractivity contribution in [1.82, 2.24) is 30.3 Å². The van der Waals surface area contributed by atoms with E-state index in [4.69, 9.17) is 9.72 Å². The van der Waals surface area contributed by atoms with Crippen molar-refractivity contribution in [3.8, 4) is 11.8 Å². The fraction of sp³-hybridized carbons (Fsp3) is 0.382. The summed E-state index contributed by atoms with van der Waals surface area (Å²) >= 11 is 0. The first-order valence-corrected chi connectivity index (χ1v) is 15.3.